The molecule has 9 heavy (non-hydrogen) atoms. The van der Waals surface area contributed by atoms with Gasteiger partial charge in [-0.15, -0.1) is 0 Å². The van der Waals surface area contributed by atoms with Crippen molar-refractivity contribution in [1.82, 2.24) is 0 Å². The molecule has 1 N–H and O–H groups in total. The highest BCUT2D eigenvalue weighted by molar-refractivity contribution is 5.77. The van der Waals surface area contributed by atoms with Crippen LogP contribution in [-0.4, -0.2) is 17.7 Å². The Kier molecular flexibility index (Phi) is 1.35. The lowest BCUT2D eigenvalue weighted by Gasteiger charge is -2.09. The van der Waals surface area contributed by atoms with E-state index in [2.05, 4.69) is 19.0 Å². The number of oxime groups is 1. The number of nitrogens with zero attached hydrogens (tertiary/aromatic N) is 1. The van der Waals surface area contributed by atoms with E-state index in [1.165, 1.54) is 0 Å². The van der Waals surface area contributed by atoms with Gasteiger partial charge >= 0.3 is 0 Å². The second-order valence-electron chi connectivity index (χ2n) is 3.12. The quantitative estimate of drug-likeness (QED) is 0.394. The van der Waals surface area contributed by atoms with Crippen LogP contribution in [0.5, 0.6) is 0 Å². The summed E-state index contributed by atoms with van der Waals surface area (Å²) >= 11 is 0. The summed E-state index contributed by atoms with van der Waals surface area (Å²) in [6, 6.07) is 0. The molecule has 1 saturated heterocycles. The molecule has 1 heterocycles. The van der Waals surface area contributed by atoms with Crippen LogP contribution >= 0.6 is 0 Å². The van der Waals surface area contributed by atoms with Crippen molar-refractivity contribution in [3.05, 3.63) is 0 Å². The lowest BCUT2D eigenvalue weighted by atomic mass is 9.93. The summed E-state index contributed by atoms with van der Waals surface area (Å²) in [4.78, 5) is 0. The monoisotopic (exact) mass is 129 g/mol. The number of rotatable bonds is 0. The first-order chi connectivity index (χ1) is 4.14. The van der Waals surface area contributed by atoms with Crippen LogP contribution in [0, 0.1) is 5.41 Å². The molecule has 1 fully saturated rings. The lowest BCUT2D eigenvalue weighted by Crippen LogP contribution is -2.09. The average Bonchev–Trinajstić information content (AvgIpc) is 2.10. The van der Waals surface area contributed by atoms with Gasteiger partial charge in [0.25, 0.3) is 0 Å². The summed E-state index contributed by atoms with van der Waals surface area (Å²) < 4.78 is 5.02. The van der Waals surface area contributed by atoms with Crippen molar-refractivity contribution >= 4 is 5.90 Å². The van der Waals surface area contributed by atoms with Gasteiger partial charge in [0.15, 0.2) is 0 Å². The highest BCUT2D eigenvalue weighted by Gasteiger charge is 2.29. The Bertz CT molecular complexity index is 140. The van der Waals surface area contributed by atoms with Crippen LogP contribution in [0.1, 0.15) is 20.3 Å². The fourth-order valence-electron chi connectivity index (χ4n) is 0.854. The van der Waals surface area contributed by atoms with Gasteiger partial charge in [-0.2, -0.15) is 0 Å². The molecular weight excluding hydrogens is 118 g/mol. The molecule has 52 valence electrons. The molecule has 0 unspecified atom stereocenters. The fourth-order valence-corrected chi connectivity index (χ4v) is 0.854. The van der Waals surface area contributed by atoms with Gasteiger partial charge in [0.2, 0.25) is 5.90 Å². The Morgan fingerprint density at radius 2 is 2.33 bits per heavy atom. The van der Waals surface area contributed by atoms with Crippen LogP contribution in [0.25, 0.3) is 0 Å². The molecule has 0 atom stereocenters. The molecule has 0 bridgehead atoms. The van der Waals surface area contributed by atoms with Crippen molar-refractivity contribution in [2.24, 2.45) is 10.6 Å². The van der Waals surface area contributed by atoms with E-state index >= 15 is 0 Å². The van der Waals surface area contributed by atoms with E-state index < -0.39 is 0 Å². The molecule has 3 nitrogen and oxygen atoms in total. The Labute approximate surface area is 54.3 Å². The van der Waals surface area contributed by atoms with Crippen LogP contribution < -0.4 is 0 Å². The smallest absolute Gasteiger partial charge is 0.226 e. The molecule has 0 aromatic carbocycles. The van der Waals surface area contributed by atoms with Gasteiger partial charge in [0.05, 0.1) is 6.61 Å². The van der Waals surface area contributed by atoms with Crippen molar-refractivity contribution in [2.75, 3.05) is 6.61 Å². The molecule has 3 heteroatoms. The summed E-state index contributed by atoms with van der Waals surface area (Å²) in [5.74, 6) is 0.458. The van der Waals surface area contributed by atoms with Crippen LogP contribution in [0.3, 0.4) is 0 Å². The van der Waals surface area contributed by atoms with Gasteiger partial charge in [0, 0.05) is 11.8 Å². The highest BCUT2D eigenvalue weighted by Crippen LogP contribution is 2.27. The molecule has 1 aliphatic rings. The van der Waals surface area contributed by atoms with Gasteiger partial charge in [0.1, 0.15) is 0 Å². The fraction of sp³-hybridized carbons (Fsp3) is 0.833. The second kappa shape index (κ2) is 1.90. The summed E-state index contributed by atoms with van der Waals surface area (Å²) in [5, 5.41) is 11.2. The molecule has 1 rings (SSSR count). The zero-order chi connectivity index (χ0) is 6.91. The van der Waals surface area contributed by atoms with Crippen molar-refractivity contribution in [3.8, 4) is 0 Å². The number of hydrogen-bond acceptors (Lipinski definition) is 3. The first kappa shape index (κ1) is 6.39. The minimum absolute atomic E-state index is 0.154. The molecule has 0 aliphatic carbocycles. The SMILES string of the molecule is CC1(C)CO/C(=N/O)C1. The summed E-state index contributed by atoms with van der Waals surface area (Å²) in [7, 11) is 0. The molecule has 1 aliphatic heterocycles. The second-order valence-corrected chi connectivity index (χ2v) is 3.12. The first-order valence-electron chi connectivity index (χ1n) is 2.98. The summed E-state index contributed by atoms with van der Waals surface area (Å²) in [5.41, 5.74) is 0.154. The van der Waals surface area contributed by atoms with Crippen molar-refractivity contribution in [2.45, 2.75) is 20.3 Å². The molecule has 0 aromatic heterocycles. The molecular formula is C6H11NO2. The maximum atomic E-state index is 8.26. The van der Waals surface area contributed by atoms with Crippen LogP contribution in [0.15, 0.2) is 5.16 Å². The van der Waals surface area contributed by atoms with Gasteiger partial charge in [-0.1, -0.05) is 19.0 Å². The van der Waals surface area contributed by atoms with E-state index in [9.17, 15) is 0 Å². The maximum Gasteiger partial charge on any atom is 0.226 e. The average molecular weight is 129 g/mol. The third-order valence-electron chi connectivity index (χ3n) is 1.37. The van der Waals surface area contributed by atoms with Crippen molar-refractivity contribution in [3.63, 3.8) is 0 Å². The predicted octanol–water partition coefficient (Wildman–Crippen LogP) is 1.22. The topological polar surface area (TPSA) is 41.8 Å². The van der Waals surface area contributed by atoms with Gasteiger partial charge < -0.3 is 9.94 Å². The molecule has 0 aromatic rings. The zero-order valence-electron chi connectivity index (χ0n) is 5.72. The standard InChI is InChI=1S/C6H11NO2/c1-6(2)3-5(7-8)9-4-6/h8H,3-4H2,1-2H3/b7-5+. The normalized spacial score (nSPS) is 28.4. The largest absolute Gasteiger partial charge is 0.478 e. The Morgan fingerprint density at radius 3 is 2.56 bits per heavy atom. The van der Waals surface area contributed by atoms with Crippen LogP contribution in [0.2, 0.25) is 0 Å². The minimum Gasteiger partial charge on any atom is -0.478 e. The molecule has 0 spiro atoms. The zero-order valence-corrected chi connectivity index (χ0v) is 5.72. The van der Waals surface area contributed by atoms with Gasteiger partial charge in [-0.25, -0.2) is 0 Å². The van der Waals surface area contributed by atoms with Gasteiger partial charge in [-0.05, 0) is 0 Å². The Balaban J connectivity index is 2.57. The highest BCUT2D eigenvalue weighted by atomic mass is 16.5. The molecule has 0 saturated carbocycles. The third-order valence-corrected chi connectivity index (χ3v) is 1.37. The summed E-state index contributed by atoms with van der Waals surface area (Å²) in [6.07, 6.45) is 0.740. The van der Waals surface area contributed by atoms with E-state index in [4.69, 9.17) is 9.94 Å². The predicted molar refractivity (Wildman–Crippen MR) is 33.6 cm³/mol. The van der Waals surface area contributed by atoms with E-state index in [1.54, 1.807) is 0 Å². The van der Waals surface area contributed by atoms with Crippen molar-refractivity contribution in [1.29, 1.82) is 0 Å². The lowest BCUT2D eigenvalue weighted by molar-refractivity contribution is 0.229. The molecule has 0 radical (unpaired) electrons. The first-order valence-corrected chi connectivity index (χ1v) is 2.98. The van der Waals surface area contributed by atoms with E-state index in [1.807, 2.05) is 0 Å². The van der Waals surface area contributed by atoms with Crippen LogP contribution in [-0.2, 0) is 4.74 Å². The minimum atomic E-state index is 0.154. The van der Waals surface area contributed by atoms with Crippen LogP contribution in [0.4, 0.5) is 0 Å². The number of hydrogen-bond donors (Lipinski definition) is 1. The van der Waals surface area contributed by atoms with E-state index in [0.29, 0.717) is 12.5 Å². The summed E-state index contributed by atoms with van der Waals surface area (Å²) in [6.45, 7) is 4.81. The Hall–Kier alpha value is -0.730. The maximum absolute atomic E-state index is 8.26. The Morgan fingerprint density at radius 1 is 1.67 bits per heavy atom. The van der Waals surface area contributed by atoms with E-state index in [0.717, 1.165) is 6.42 Å². The molecule has 0 amide bonds. The van der Waals surface area contributed by atoms with Gasteiger partial charge in [-0.3, -0.25) is 0 Å². The van der Waals surface area contributed by atoms with Crippen molar-refractivity contribution < 1.29 is 9.94 Å². The number of ether oxygens (including phenoxy) is 1. The third kappa shape index (κ3) is 1.34. The van der Waals surface area contributed by atoms with E-state index in [-0.39, 0.29) is 5.41 Å².